The van der Waals surface area contributed by atoms with Crippen molar-refractivity contribution in [2.24, 2.45) is 0 Å². The van der Waals surface area contributed by atoms with Crippen molar-refractivity contribution >= 4 is 43.6 Å². The molecule has 0 fully saturated rings. The molecule has 2 heterocycles. The summed E-state index contributed by atoms with van der Waals surface area (Å²) in [6.07, 6.45) is 0. The first-order valence-electron chi connectivity index (χ1n) is 18.0. The van der Waals surface area contributed by atoms with E-state index in [2.05, 4.69) is 155 Å². The Bertz CT molecular complexity index is 2960. The predicted molar refractivity (Wildman–Crippen MR) is 211 cm³/mol. The number of para-hydroxylation sites is 2. The second kappa shape index (κ2) is 11.5. The van der Waals surface area contributed by atoms with E-state index in [1.165, 1.54) is 16.7 Å². The van der Waals surface area contributed by atoms with Gasteiger partial charge in [-0.1, -0.05) is 146 Å². The first-order chi connectivity index (χ1) is 25.6. The van der Waals surface area contributed by atoms with Crippen molar-refractivity contribution in [3.8, 4) is 44.8 Å². The van der Waals surface area contributed by atoms with Gasteiger partial charge in [-0.2, -0.15) is 0 Å². The topological polar surface area (TPSA) is 9.86 Å². The van der Waals surface area contributed by atoms with Crippen molar-refractivity contribution < 1.29 is 2.74 Å². The average Bonchev–Trinajstić information content (AvgIpc) is 3.69. The van der Waals surface area contributed by atoms with Crippen molar-refractivity contribution in [3.63, 3.8) is 0 Å². The fraction of sp³-hybridized carbons (Fsp3) is 0. The Morgan fingerprint density at radius 3 is 1.30 bits per heavy atom. The van der Waals surface area contributed by atoms with E-state index in [0.717, 1.165) is 71.7 Å². The Kier molecular flexibility index (Phi) is 6.06. The third kappa shape index (κ3) is 4.57. The molecule has 50 heavy (non-hydrogen) atoms. The molecule has 2 aromatic heterocycles. The van der Waals surface area contributed by atoms with Crippen LogP contribution in [0, 0.1) is 0 Å². The summed E-state index contributed by atoms with van der Waals surface area (Å²) in [5.74, 6) is 0. The van der Waals surface area contributed by atoms with Crippen molar-refractivity contribution in [2.75, 3.05) is 0 Å². The van der Waals surface area contributed by atoms with Gasteiger partial charge < -0.3 is 9.13 Å². The lowest BCUT2D eigenvalue weighted by atomic mass is 10.0. The second-order valence-electron chi connectivity index (χ2n) is 12.9. The molecule has 8 aromatic carbocycles. The summed E-state index contributed by atoms with van der Waals surface area (Å²) >= 11 is 0. The lowest BCUT2D eigenvalue weighted by molar-refractivity contribution is 1.18. The molecule has 0 saturated carbocycles. The zero-order valence-electron chi connectivity index (χ0n) is 29.2. The molecule has 10 aromatic rings. The van der Waals surface area contributed by atoms with E-state index in [-0.39, 0.29) is 0 Å². The van der Waals surface area contributed by atoms with Gasteiger partial charge >= 0.3 is 0 Å². The molecule has 10 rings (SSSR count). The van der Waals surface area contributed by atoms with Crippen LogP contribution in [0.3, 0.4) is 0 Å². The maximum absolute atomic E-state index is 8.45. The minimum atomic E-state index is 0.500. The van der Waals surface area contributed by atoms with Gasteiger partial charge in [0.1, 0.15) is 0 Å². The molecule has 234 valence electrons. The van der Waals surface area contributed by atoms with Crippen LogP contribution in [0.4, 0.5) is 0 Å². The minimum absolute atomic E-state index is 0.500. The first-order valence-corrected chi connectivity index (χ1v) is 17.0. The van der Waals surface area contributed by atoms with Gasteiger partial charge in [0, 0.05) is 32.9 Å². The maximum atomic E-state index is 8.45. The van der Waals surface area contributed by atoms with Gasteiger partial charge in [0.15, 0.2) is 0 Å². The highest BCUT2D eigenvalue weighted by Gasteiger charge is 2.16. The van der Waals surface area contributed by atoms with Crippen LogP contribution in [0.15, 0.2) is 194 Å². The summed E-state index contributed by atoms with van der Waals surface area (Å²) in [5, 5.41) is 4.38. The number of rotatable bonds is 5. The summed E-state index contributed by atoms with van der Waals surface area (Å²) in [5.41, 5.74) is 13.4. The summed E-state index contributed by atoms with van der Waals surface area (Å²) in [6.45, 7) is 0. The van der Waals surface area contributed by atoms with Crippen LogP contribution in [-0.4, -0.2) is 9.13 Å². The number of fused-ring (bicyclic) bond motifs is 6. The second-order valence-corrected chi connectivity index (χ2v) is 12.9. The standard InChI is InChI=1S/C48H32N2/c1-3-12-33(13-4-1)35-22-26-39(27-23-35)49-45-20-9-7-18-41(45)43-28-24-37(31-47(43)49)38-25-29-44-42-19-8-10-21-46(42)50(48(44)32-38)40-17-11-16-36(30-40)34-14-5-2-6-15-34/h1-32H/i7D,8D. The summed E-state index contributed by atoms with van der Waals surface area (Å²) in [6, 6.07) is 64.6. The van der Waals surface area contributed by atoms with E-state index in [1.54, 1.807) is 0 Å². The fourth-order valence-corrected chi connectivity index (χ4v) is 7.62. The highest BCUT2D eigenvalue weighted by Crippen LogP contribution is 2.38. The maximum Gasteiger partial charge on any atom is 0.0623 e. The lowest BCUT2D eigenvalue weighted by Gasteiger charge is -2.12. The van der Waals surface area contributed by atoms with Crippen LogP contribution < -0.4 is 0 Å². The van der Waals surface area contributed by atoms with Crippen LogP contribution in [0.25, 0.3) is 88.4 Å². The van der Waals surface area contributed by atoms with Crippen molar-refractivity contribution in [1.82, 2.24) is 9.13 Å². The van der Waals surface area contributed by atoms with Gasteiger partial charge in [-0.3, -0.25) is 0 Å². The molecule has 0 spiro atoms. The highest BCUT2D eigenvalue weighted by molar-refractivity contribution is 6.12. The van der Waals surface area contributed by atoms with Gasteiger partial charge in [0.2, 0.25) is 0 Å². The van der Waals surface area contributed by atoms with Crippen LogP contribution in [0.2, 0.25) is 0 Å². The largest absolute Gasteiger partial charge is 0.309 e. The summed E-state index contributed by atoms with van der Waals surface area (Å²) < 4.78 is 21.5. The molecule has 0 unspecified atom stereocenters. The van der Waals surface area contributed by atoms with Gasteiger partial charge in [0.25, 0.3) is 0 Å². The molecular formula is C48H32N2. The Balaban J connectivity index is 1.16. The van der Waals surface area contributed by atoms with Gasteiger partial charge in [0.05, 0.1) is 24.8 Å². The third-order valence-electron chi connectivity index (χ3n) is 10.00. The number of benzene rings is 8. The quantitative estimate of drug-likeness (QED) is 0.178. The Morgan fingerprint density at radius 2 is 0.720 bits per heavy atom. The van der Waals surface area contributed by atoms with E-state index >= 15 is 0 Å². The average molecular weight is 639 g/mol. The van der Waals surface area contributed by atoms with E-state index in [0.29, 0.717) is 12.1 Å². The smallest absolute Gasteiger partial charge is 0.0623 e. The molecule has 0 aliphatic heterocycles. The highest BCUT2D eigenvalue weighted by atomic mass is 15.0. The molecule has 0 aliphatic rings. The van der Waals surface area contributed by atoms with Crippen LogP contribution in [-0.2, 0) is 0 Å². The van der Waals surface area contributed by atoms with Crippen LogP contribution in [0.1, 0.15) is 2.74 Å². The monoisotopic (exact) mass is 638 g/mol. The van der Waals surface area contributed by atoms with Crippen molar-refractivity contribution in [2.45, 2.75) is 0 Å². The Morgan fingerprint density at radius 1 is 0.280 bits per heavy atom. The van der Waals surface area contributed by atoms with Crippen molar-refractivity contribution in [3.05, 3.63) is 194 Å². The molecular weight excluding hydrogens is 605 g/mol. The van der Waals surface area contributed by atoms with Crippen LogP contribution >= 0.6 is 0 Å². The van der Waals surface area contributed by atoms with Crippen LogP contribution in [0.5, 0.6) is 0 Å². The van der Waals surface area contributed by atoms with Gasteiger partial charge in [-0.05, 0) is 81.9 Å². The zero-order valence-corrected chi connectivity index (χ0v) is 27.2. The molecule has 0 radical (unpaired) electrons. The number of aromatic nitrogens is 2. The number of hydrogen-bond acceptors (Lipinski definition) is 0. The third-order valence-corrected chi connectivity index (χ3v) is 10.00. The van der Waals surface area contributed by atoms with E-state index in [9.17, 15) is 0 Å². The zero-order chi connectivity index (χ0) is 34.8. The van der Waals surface area contributed by atoms with Gasteiger partial charge in [-0.25, -0.2) is 0 Å². The molecule has 0 N–H and O–H groups in total. The fourth-order valence-electron chi connectivity index (χ4n) is 7.62. The molecule has 2 nitrogen and oxygen atoms in total. The molecule has 0 aliphatic carbocycles. The van der Waals surface area contributed by atoms with Gasteiger partial charge in [-0.15, -0.1) is 0 Å². The molecule has 0 atom stereocenters. The number of hydrogen-bond donors (Lipinski definition) is 0. The summed E-state index contributed by atoms with van der Waals surface area (Å²) in [4.78, 5) is 0. The summed E-state index contributed by atoms with van der Waals surface area (Å²) in [7, 11) is 0. The molecule has 0 amide bonds. The van der Waals surface area contributed by atoms with E-state index in [4.69, 9.17) is 2.74 Å². The molecule has 0 bridgehead atoms. The Labute approximate surface area is 293 Å². The first kappa shape index (κ1) is 26.3. The molecule has 2 heteroatoms. The Hall–Kier alpha value is -6.64. The van der Waals surface area contributed by atoms with E-state index in [1.807, 2.05) is 36.4 Å². The normalized spacial score (nSPS) is 12.2. The molecule has 0 saturated heterocycles. The van der Waals surface area contributed by atoms with Crippen molar-refractivity contribution in [1.29, 1.82) is 0 Å². The predicted octanol–water partition coefficient (Wildman–Crippen LogP) is 12.9. The minimum Gasteiger partial charge on any atom is -0.309 e. The SMILES string of the molecule is [2H]c1ccc2c(c1)c1ccc(-c3ccc4c5cc([2H])ccc5n(-c5cccc(-c6ccccc6)c5)c4c3)cc1n2-c1ccc(-c2ccccc2)cc1. The lowest BCUT2D eigenvalue weighted by Crippen LogP contribution is -1.95. The van der Waals surface area contributed by atoms with E-state index < -0.39 is 0 Å². The number of nitrogens with zero attached hydrogens (tertiary/aromatic N) is 2.